The zero-order chi connectivity index (χ0) is 15.5. The molecule has 1 fully saturated rings. The summed E-state index contributed by atoms with van der Waals surface area (Å²) in [6.45, 7) is 0.310. The Morgan fingerprint density at radius 1 is 1.48 bits per heavy atom. The van der Waals surface area contributed by atoms with Crippen molar-refractivity contribution >= 4 is 15.9 Å². The van der Waals surface area contributed by atoms with Crippen LogP contribution in [0, 0.1) is 17.7 Å². The molecule has 1 aromatic carbocycles. The Balaban J connectivity index is 2.20. The molecule has 1 saturated heterocycles. The Morgan fingerprint density at radius 3 is 2.81 bits per heavy atom. The van der Waals surface area contributed by atoms with Crippen LogP contribution in [0.2, 0.25) is 0 Å². The van der Waals surface area contributed by atoms with Crippen LogP contribution in [0.15, 0.2) is 23.1 Å². The topological polar surface area (TPSA) is 101 Å². The highest BCUT2D eigenvalue weighted by molar-refractivity contribution is 7.89. The largest absolute Gasteiger partial charge is 0.354 e. The molecule has 1 aliphatic rings. The van der Waals surface area contributed by atoms with Crippen molar-refractivity contribution in [3.8, 4) is 11.8 Å². The average molecular weight is 311 g/mol. The van der Waals surface area contributed by atoms with Gasteiger partial charge in [0.2, 0.25) is 15.9 Å². The van der Waals surface area contributed by atoms with Crippen LogP contribution in [0.5, 0.6) is 0 Å². The molecule has 112 valence electrons. The van der Waals surface area contributed by atoms with Crippen molar-refractivity contribution in [1.82, 2.24) is 10.0 Å². The lowest BCUT2D eigenvalue weighted by molar-refractivity contribution is -0.119. The van der Waals surface area contributed by atoms with Gasteiger partial charge in [-0.3, -0.25) is 4.79 Å². The lowest BCUT2D eigenvalue weighted by Gasteiger charge is -2.11. The van der Waals surface area contributed by atoms with Crippen molar-refractivity contribution in [2.75, 3.05) is 13.1 Å². The van der Waals surface area contributed by atoms with E-state index in [1.807, 2.05) is 0 Å². The Labute approximate surface area is 122 Å². The van der Waals surface area contributed by atoms with E-state index in [0.29, 0.717) is 0 Å². The van der Waals surface area contributed by atoms with Gasteiger partial charge >= 0.3 is 0 Å². The molecule has 1 unspecified atom stereocenters. The molecule has 4 N–H and O–H groups in total. The predicted molar refractivity (Wildman–Crippen MR) is 74.1 cm³/mol. The molecule has 2 rings (SSSR count). The number of carbonyl (C=O) groups excluding carboxylic acids is 1. The van der Waals surface area contributed by atoms with Gasteiger partial charge in [0, 0.05) is 19.0 Å². The van der Waals surface area contributed by atoms with Crippen molar-refractivity contribution < 1.29 is 17.6 Å². The lowest BCUT2D eigenvalue weighted by atomic mass is 10.2. The first-order valence-electron chi connectivity index (χ1n) is 6.20. The molecular weight excluding hydrogens is 297 g/mol. The van der Waals surface area contributed by atoms with E-state index in [2.05, 4.69) is 21.9 Å². The number of nitrogens with two attached hydrogens (primary N) is 1. The van der Waals surface area contributed by atoms with Crippen molar-refractivity contribution in [3.63, 3.8) is 0 Å². The Morgan fingerprint density at radius 2 is 2.24 bits per heavy atom. The summed E-state index contributed by atoms with van der Waals surface area (Å²) >= 11 is 0. The Bertz CT molecular complexity index is 722. The van der Waals surface area contributed by atoms with Crippen LogP contribution >= 0.6 is 0 Å². The van der Waals surface area contributed by atoms with E-state index in [-0.39, 0.29) is 35.9 Å². The standard InChI is InChI=1S/C13H14FN3O3S/c14-12-7-11(4-3-9(12)2-1-5-15)21(19,20)17-10-6-13(18)16-8-10/h3-4,7,10,17H,5-6,8,15H2,(H,16,18). The van der Waals surface area contributed by atoms with E-state index in [1.165, 1.54) is 12.1 Å². The fourth-order valence-corrected chi connectivity index (χ4v) is 3.13. The number of hydrogen-bond donors (Lipinski definition) is 3. The molecule has 1 heterocycles. The Hall–Kier alpha value is -1.95. The minimum absolute atomic E-state index is 0.0712. The fraction of sp³-hybridized carbons (Fsp3) is 0.308. The van der Waals surface area contributed by atoms with Gasteiger partial charge in [-0.15, -0.1) is 0 Å². The summed E-state index contributed by atoms with van der Waals surface area (Å²) in [7, 11) is -3.88. The van der Waals surface area contributed by atoms with Crippen LogP contribution in [-0.2, 0) is 14.8 Å². The summed E-state index contributed by atoms with van der Waals surface area (Å²) in [6.07, 6.45) is 0.0712. The van der Waals surface area contributed by atoms with Gasteiger partial charge < -0.3 is 11.1 Å². The maximum absolute atomic E-state index is 13.8. The first-order chi connectivity index (χ1) is 9.92. The van der Waals surface area contributed by atoms with E-state index in [1.54, 1.807) is 0 Å². The van der Waals surface area contributed by atoms with Gasteiger partial charge in [-0.25, -0.2) is 17.5 Å². The van der Waals surface area contributed by atoms with Gasteiger partial charge in [0.05, 0.1) is 17.0 Å². The molecule has 0 bridgehead atoms. The molecule has 6 nitrogen and oxygen atoms in total. The number of carbonyl (C=O) groups is 1. The molecule has 8 heteroatoms. The second kappa shape index (κ2) is 6.22. The zero-order valence-electron chi connectivity index (χ0n) is 11.0. The van der Waals surface area contributed by atoms with Crippen molar-refractivity contribution in [1.29, 1.82) is 0 Å². The van der Waals surface area contributed by atoms with E-state index < -0.39 is 21.9 Å². The maximum atomic E-state index is 13.8. The molecule has 0 saturated carbocycles. The highest BCUT2D eigenvalue weighted by Gasteiger charge is 2.27. The summed E-state index contributed by atoms with van der Waals surface area (Å²) in [5.74, 6) is 4.05. The van der Waals surface area contributed by atoms with E-state index in [0.717, 1.165) is 6.07 Å². The third-order valence-corrected chi connectivity index (χ3v) is 4.39. The van der Waals surface area contributed by atoms with Crippen LogP contribution < -0.4 is 15.8 Å². The van der Waals surface area contributed by atoms with Gasteiger partial charge in [0.15, 0.2) is 0 Å². The summed E-state index contributed by atoms with van der Waals surface area (Å²) in [4.78, 5) is 10.8. The monoisotopic (exact) mass is 311 g/mol. The number of halogens is 1. The number of benzene rings is 1. The van der Waals surface area contributed by atoms with Crippen LogP contribution in [0.3, 0.4) is 0 Å². The summed E-state index contributed by atoms with van der Waals surface area (Å²) in [5.41, 5.74) is 5.27. The van der Waals surface area contributed by atoms with Crippen LogP contribution in [0.25, 0.3) is 0 Å². The first-order valence-corrected chi connectivity index (χ1v) is 7.68. The van der Waals surface area contributed by atoms with Gasteiger partial charge in [-0.05, 0) is 18.2 Å². The molecule has 1 aliphatic heterocycles. The fourth-order valence-electron chi connectivity index (χ4n) is 1.89. The quantitative estimate of drug-likeness (QED) is 0.643. The molecule has 1 atom stereocenters. The SMILES string of the molecule is NCC#Cc1ccc(S(=O)(=O)NC2CNC(=O)C2)cc1F. The molecule has 21 heavy (non-hydrogen) atoms. The highest BCUT2D eigenvalue weighted by atomic mass is 32.2. The normalized spacial score (nSPS) is 18.0. The maximum Gasteiger partial charge on any atom is 0.240 e. The van der Waals surface area contributed by atoms with Crippen molar-refractivity contribution in [3.05, 3.63) is 29.6 Å². The zero-order valence-corrected chi connectivity index (χ0v) is 11.8. The molecule has 0 radical (unpaired) electrons. The summed E-state index contributed by atoms with van der Waals surface area (Å²) < 4.78 is 40.3. The minimum Gasteiger partial charge on any atom is -0.354 e. The van der Waals surface area contributed by atoms with E-state index in [9.17, 15) is 17.6 Å². The number of hydrogen-bond acceptors (Lipinski definition) is 4. The van der Waals surface area contributed by atoms with Crippen LogP contribution in [0.4, 0.5) is 4.39 Å². The van der Waals surface area contributed by atoms with Crippen molar-refractivity contribution in [2.45, 2.75) is 17.4 Å². The predicted octanol–water partition coefficient (Wildman–Crippen LogP) is -0.697. The smallest absolute Gasteiger partial charge is 0.240 e. The van der Waals surface area contributed by atoms with Gasteiger partial charge in [0.1, 0.15) is 5.82 Å². The lowest BCUT2D eigenvalue weighted by Crippen LogP contribution is -2.36. The van der Waals surface area contributed by atoms with Crippen molar-refractivity contribution in [2.24, 2.45) is 5.73 Å². The summed E-state index contributed by atoms with van der Waals surface area (Å²) in [5, 5.41) is 2.52. The molecular formula is C13H14FN3O3S. The Kier molecular flexibility index (Phi) is 4.57. The van der Waals surface area contributed by atoms with E-state index in [4.69, 9.17) is 5.73 Å². The number of amides is 1. The third-order valence-electron chi connectivity index (χ3n) is 2.88. The molecule has 0 aliphatic carbocycles. The highest BCUT2D eigenvalue weighted by Crippen LogP contribution is 2.15. The molecule has 0 spiro atoms. The number of nitrogens with one attached hydrogen (secondary N) is 2. The second-order valence-electron chi connectivity index (χ2n) is 4.47. The van der Waals surface area contributed by atoms with Crippen LogP contribution in [-0.4, -0.2) is 33.5 Å². The molecule has 0 aromatic heterocycles. The number of sulfonamides is 1. The number of rotatable bonds is 3. The average Bonchev–Trinajstić information content (AvgIpc) is 2.82. The summed E-state index contributed by atoms with van der Waals surface area (Å²) in [6, 6.07) is 2.91. The third kappa shape index (κ3) is 3.78. The minimum atomic E-state index is -3.88. The van der Waals surface area contributed by atoms with Gasteiger partial charge in [0.25, 0.3) is 0 Å². The molecule has 1 amide bonds. The van der Waals surface area contributed by atoms with Crippen LogP contribution in [0.1, 0.15) is 12.0 Å². The molecule has 1 aromatic rings. The van der Waals surface area contributed by atoms with Gasteiger partial charge in [-0.1, -0.05) is 11.8 Å². The first kappa shape index (κ1) is 15.4. The van der Waals surface area contributed by atoms with E-state index >= 15 is 0 Å². The van der Waals surface area contributed by atoms with Gasteiger partial charge in [-0.2, -0.15) is 0 Å². The second-order valence-corrected chi connectivity index (χ2v) is 6.19.